The number of likely N-dealkylation sites (N-methyl/N-ethyl adjacent to an activating group) is 1. The van der Waals surface area contributed by atoms with Crippen LogP contribution in [0.4, 0.5) is 0 Å². The lowest BCUT2D eigenvalue weighted by Gasteiger charge is -2.18. The van der Waals surface area contributed by atoms with Crippen LogP contribution in [0.1, 0.15) is 19.8 Å². The van der Waals surface area contributed by atoms with Crippen LogP contribution in [0.3, 0.4) is 0 Å². The lowest BCUT2D eigenvalue weighted by Crippen LogP contribution is -2.36. The number of rotatable bonds is 3. The Morgan fingerprint density at radius 3 is 2.91 bits per heavy atom. The third-order valence-corrected chi connectivity index (χ3v) is 2.16. The monoisotopic (exact) mass is 156 g/mol. The van der Waals surface area contributed by atoms with E-state index in [2.05, 4.69) is 24.2 Å². The largest absolute Gasteiger partial charge is 0.352 e. The Kier molecular flexibility index (Phi) is 2.88. The third-order valence-electron chi connectivity index (χ3n) is 2.16. The van der Waals surface area contributed by atoms with Crippen LogP contribution in [0.5, 0.6) is 0 Å². The lowest BCUT2D eigenvalue weighted by atomic mass is 10.2. The van der Waals surface area contributed by atoms with Gasteiger partial charge in [0.2, 0.25) is 5.91 Å². The SMILES string of the molecule is CCN(C)CC1CCC(=O)N1. The van der Waals surface area contributed by atoms with Gasteiger partial charge in [-0.3, -0.25) is 4.79 Å². The summed E-state index contributed by atoms with van der Waals surface area (Å²) in [6.45, 7) is 4.16. The van der Waals surface area contributed by atoms with Crippen LogP contribution in [0.25, 0.3) is 0 Å². The number of hydrogen-bond acceptors (Lipinski definition) is 2. The molecular formula is C8H16N2O. The summed E-state index contributed by atoms with van der Waals surface area (Å²) in [5.74, 6) is 0.208. The van der Waals surface area contributed by atoms with Crippen LogP contribution in [0.15, 0.2) is 0 Å². The Bertz CT molecular complexity index is 147. The van der Waals surface area contributed by atoms with Gasteiger partial charge in [-0.25, -0.2) is 0 Å². The molecule has 3 heteroatoms. The number of amides is 1. The highest BCUT2D eigenvalue weighted by Crippen LogP contribution is 2.06. The van der Waals surface area contributed by atoms with Crippen LogP contribution >= 0.6 is 0 Å². The first kappa shape index (κ1) is 8.53. The molecule has 0 radical (unpaired) electrons. The average Bonchev–Trinajstić information content (AvgIpc) is 2.35. The van der Waals surface area contributed by atoms with E-state index in [-0.39, 0.29) is 5.91 Å². The first-order valence-corrected chi connectivity index (χ1v) is 4.20. The molecule has 0 aromatic carbocycles. The predicted octanol–water partition coefficient (Wildman–Crippen LogP) is 0.217. The van der Waals surface area contributed by atoms with Gasteiger partial charge in [0.15, 0.2) is 0 Å². The van der Waals surface area contributed by atoms with Gasteiger partial charge in [-0.15, -0.1) is 0 Å². The fourth-order valence-electron chi connectivity index (χ4n) is 1.32. The quantitative estimate of drug-likeness (QED) is 0.634. The molecule has 1 saturated heterocycles. The molecule has 0 bridgehead atoms. The number of nitrogens with zero attached hydrogens (tertiary/aromatic N) is 1. The molecule has 1 amide bonds. The van der Waals surface area contributed by atoms with Gasteiger partial charge in [0.25, 0.3) is 0 Å². The fourth-order valence-corrected chi connectivity index (χ4v) is 1.32. The van der Waals surface area contributed by atoms with E-state index in [9.17, 15) is 4.79 Å². The summed E-state index contributed by atoms with van der Waals surface area (Å²) in [6.07, 6.45) is 1.71. The first-order valence-electron chi connectivity index (χ1n) is 4.20. The molecule has 0 spiro atoms. The Morgan fingerprint density at radius 2 is 2.45 bits per heavy atom. The highest BCUT2D eigenvalue weighted by atomic mass is 16.1. The van der Waals surface area contributed by atoms with E-state index in [1.54, 1.807) is 0 Å². The van der Waals surface area contributed by atoms with E-state index < -0.39 is 0 Å². The molecule has 1 rings (SSSR count). The average molecular weight is 156 g/mol. The van der Waals surface area contributed by atoms with E-state index in [1.807, 2.05) is 0 Å². The second kappa shape index (κ2) is 3.72. The second-order valence-electron chi connectivity index (χ2n) is 3.16. The molecule has 0 aromatic rings. The van der Waals surface area contributed by atoms with Crippen molar-refractivity contribution in [3.05, 3.63) is 0 Å². The molecule has 1 atom stereocenters. The van der Waals surface area contributed by atoms with Gasteiger partial charge in [0, 0.05) is 19.0 Å². The standard InChI is InChI=1S/C8H16N2O/c1-3-10(2)6-7-4-5-8(11)9-7/h7H,3-6H2,1-2H3,(H,9,11). The van der Waals surface area contributed by atoms with Crippen LogP contribution in [-0.4, -0.2) is 37.0 Å². The maximum absolute atomic E-state index is 10.8. The topological polar surface area (TPSA) is 32.3 Å². The number of carbonyl (C=O) groups excluding carboxylic acids is 1. The normalized spacial score (nSPS) is 24.3. The first-order chi connectivity index (χ1) is 5.22. The molecule has 1 aliphatic rings. The molecule has 11 heavy (non-hydrogen) atoms. The van der Waals surface area contributed by atoms with Crippen molar-refractivity contribution in [2.75, 3.05) is 20.1 Å². The van der Waals surface area contributed by atoms with Crippen LogP contribution in [0.2, 0.25) is 0 Å². The van der Waals surface area contributed by atoms with Crippen molar-refractivity contribution in [1.29, 1.82) is 0 Å². The molecule has 1 N–H and O–H groups in total. The Labute approximate surface area is 67.8 Å². The molecule has 3 nitrogen and oxygen atoms in total. The van der Waals surface area contributed by atoms with E-state index >= 15 is 0 Å². The van der Waals surface area contributed by atoms with E-state index in [4.69, 9.17) is 0 Å². The van der Waals surface area contributed by atoms with Crippen molar-refractivity contribution < 1.29 is 4.79 Å². The highest BCUT2D eigenvalue weighted by Gasteiger charge is 2.20. The number of hydrogen-bond donors (Lipinski definition) is 1. The fraction of sp³-hybridized carbons (Fsp3) is 0.875. The predicted molar refractivity (Wildman–Crippen MR) is 44.3 cm³/mol. The summed E-state index contributed by atoms with van der Waals surface area (Å²) >= 11 is 0. The molecule has 0 aromatic heterocycles. The minimum Gasteiger partial charge on any atom is -0.352 e. The summed E-state index contributed by atoms with van der Waals surface area (Å²) in [6, 6.07) is 0.396. The van der Waals surface area contributed by atoms with Crippen molar-refractivity contribution in [3.8, 4) is 0 Å². The molecule has 1 aliphatic heterocycles. The number of nitrogens with one attached hydrogen (secondary N) is 1. The zero-order valence-corrected chi connectivity index (χ0v) is 7.26. The molecule has 1 heterocycles. The second-order valence-corrected chi connectivity index (χ2v) is 3.16. The van der Waals surface area contributed by atoms with Gasteiger partial charge >= 0.3 is 0 Å². The summed E-state index contributed by atoms with van der Waals surface area (Å²) < 4.78 is 0. The van der Waals surface area contributed by atoms with Crippen LogP contribution in [0, 0.1) is 0 Å². The van der Waals surface area contributed by atoms with Gasteiger partial charge in [0.05, 0.1) is 0 Å². The van der Waals surface area contributed by atoms with Gasteiger partial charge in [-0.05, 0) is 20.0 Å². The number of carbonyl (C=O) groups is 1. The summed E-state index contributed by atoms with van der Waals surface area (Å²) in [5, 5.41) is 2.94. The van der Waals surface area contributed by atoms with E-state index in [0.29, 0.717) is 12.5 Å². The zero-order chi connectivity index (χ0) is 8.27. The third kappa shape index (κ3) is 2.50. The van der Waals surface area contributed by atoms with Gasteiger partial charge in [-0.2, -0.15) is 0 Å². The highest BCUT2D eigenvalue weighted by molar-refractivity contribution is 5.78. The summed E-state index contributed by atoms with van der Waals surface area (Å²) in [5.41, 5.74) is 0. The van der Waals surface area contributed by atoms with E-state index in [0.717, 1.165) is 19.5 Å². The van der Waals surface area contributed by atoms with Crippen LogP contribution in [-0.2, 0) is 4.79 Å². The maximum atomic E-state index is 10.8. The van der Waals surface area contributed by atoms with Gasteiger partial charge in [0.1, 0.15) is 0 Å². The Hall–Kier alpha value is -0.570. The zero-order valence-electron chi connectivity index (χ0n) is 7.26. The lowest BCUT2D eigenvalue weighted by molar-refractivity contribution is -0.119. The maximum Gasteiger partial charge on any atom is 0.220 e. The van der Waals surface area contributed by atoms with E-state index in [1.165, 1.54) is 0 Å². The van der Waals surface area contributed by atoms with Crippen molar-refractivity contribution in [2.24, 2.45) is 0 Å². The molecule has 0 saturated carbocycles. The van der Waals surface area contributed by atoms with Gasteiger partial charge < -0.3 is 10.2 Å². The minimum absolute atomic E-state index is 0.208. The summed E-state index contributed by atoms with van der Waals surface area (Å²) in [4.78, 5) is 13.0. The van der Waals surface area contributed by atoms with Crippen LogP contribution < -0.4 is 5.32 Å². The van der Waals surface area contributed by atoms with Crippen molar-refractivity contribution in [3.63, 3.8) is 0 Å². The smallest absolute Gasteiger partial charge is 0.220 e. The van der Waals surface area contributed by atoms with Crippen molar-refractivity contribution in [1.82, 2.24) is 10.2 Å². The Balaban J connectivity index is 2.22. The minimum atomic E-state index is 0.208. The molecule has 1 unspecified atom stereocenters. The summed E-state index contributed by atoms with van der Waals surface area (Å²) in [7, 11) is 2.07. The molecular weight excluding hydrogens is 140 g/mol. The van der Waals surface area contributed by atoms with Crippen molar-refractivity contribution in [2.45, 2.75) is 25.8 Å². The Morgan fingerprint density at radius 1 is 1.73 bits per heavy atom. The molecule has 64 valence electrons. The molecule has 0 aliphatic carbocycles. The van der Waals surface area contributed by atoms with Crippen molar-refractivity contribution >= 4 is 5.91 Å². The van der Waals surface area contributed by atoms with Gasteiger partial charge in [-0.1, -0.05) is 6.92 Å². The molecule has 1 fully saturated rings.